The van der Waals surface area contributed by atoms with Gasteiger partial charge in [-0.25, -0.2) is 0 Å². The largest absolute Gasteiger partial charge is 0.545 e. The fraction of sp³-hybridized carbons (Fsp3) is 0.0769. The van der Waals surface area contributed by atoms with Gasteiger partial charge in [0, 0.05) is 13.3 Å². The van der Waals surface area contributed by atoms with E-state index in [0.29, 0.717) is 5.69 Å². The minimum atomic E-state index is -1.28. The second-order valence-corrected chi connectivity index (χ2v) is 4.53. The molecular weight excluding hydrogens is 294 g/mol. The number of nitrogens with one attached hydrogen (secondary N) is 1. The van der Waals surface area contributed by atoms with Crippen molar-refractivity contribution >= 4 is 30.1 Å². The van der Waals surface area contributed by atoms with E-state index in [0.717, 1.165) is 0 Å². The second kappa shape index (κ2) is 5.71. The lowest BCUT2D eigenvalue weighted by atomic mass is 10.2. The van der Waals surface area contributed by atoms with E-state index >= 15 is 0 Å². The predicted molar refractivity (Wildman–Crippen MR) is 76.6 cm³/mol. The lowest BCUT2D eigenvalue weighted by Gasteiger charge is -2.05. The van der Waals surface area contributed by atoms with Crippen LogP contribution >= 0.6 is 12.2 Å². The van der Waals surface area contributed by atoms with Gasteiger partial charge in [-0.1, -0.05) is 12.1 Å². The molecule has 108 valence electrons. The summed E-state index contributed by atoms with van der Waals surface area (Å²) in [5.41, 5.74) is -0.166. The summed E-state index contributed by atoms with van der Waals surface area (Å²) in [6.07, 6.45) is 1.18. The van der Waals surface area contributed by atoms with E-state index in [9.17, 15) is 19.8 Å². The number of aliphatic imine (C=N–C) groups is 1. The molecule has 2 N–H and O–H groups in total. The van der Waals surface area contributed by atoms with Gasteiger partial charge in [0.25, 0.3) is 5.56 Å². The smallest absolute Gasteiger partial charge is 0.264 e. The Labute approximate surface area is 123 Å². The first-order chi connectivity index (χ1) is 9.90. The Morgan fingerprint density at radius 2 is 2.05 bits per heavy atom. The first-order valence-corrected chi connectivity index (χ1v) is 6.18. The molecule has 0 radical (unpaired) electrons. The number of carboxylic acids is 1. The average Bonchev–Trinajstić information content (AvgIpc) is 2.45. The number of H-pyrrole nitrogens is 1. The molecular formula is C13H10N3O4S-. The van der Waals surface area contributed by atoms with Crippen molar-refractivity contribution in [1.82, 2.24) is 9.55 Å². The quantitative estimate of drug-likeness (QED) is 0.624. The molecule has 0 aliphatic heterocycles. The van der Waals surface area contributed by atoms with Crippen molar-refractivity contribution < 1.29 is 15.0 Å². The summed E-state index contributed by atoms with van der Waals surface area (Å²) in [5, 5.41) is 20.5. The first-order valence-electron chi connectivity index (χ1n) is 5.78. The van der Waals surface area contributed by atoms with Crippen LogP contribution in [0.4, 0.5) is 5.69 Å². The third-order valence-electron chi connectivity index (χ3n) is 2.77. The molecule has 0 aliphatic rings. The normalized spacial score (nSPS) is 10.9. The molecule has 21 heavy (non-hydrogen) atoms. The molecule has 1 aromatic heterocycles. The summed E-state index contributed by atoms with van der Waals surface area (Å²) < 4.78 is 1.32. The maximum absolute atomic E-state index is 11.7. The summed E-state index contributed by atoms with van der Waals surface area (Å²) in [7, 11) is 1.50. The minimum absolute atomic E-state index is 0.0245. The van der Waals surface area contributed by atoms with Crippen LogP contribution in [0.1, 0.15) is 15.9 Å². The number of hydrogen-bond donors (Lipinski definition) is 2. The van der Waals surface area contributed by atoms with Crippen LogP contribution < -0.4 is 10.7 Å². The monoisotopic (exact) mass is 304 g/mol. The highest BCUT2D eigenvalue weighted by molar-refractivity contribution is 7.71. The minimum Gasteiger partial charge on any atom is -0.545 e. The van der Waals surface area contributed by atoms with E-state index in [-0.39, 0.29) is 21.8 Å². The number of aromatic hydroxyl groups is 1. The summed E-state index contributed by atoms with van der Waals surface area (Å²) in [5.74, 6) is -1.59. The van der Waals surface area contributed by atoms with Gasteiger partial charge in [-0.3, -0.25) is 19.3 Å². The van der Waals surface area contributed by atoms with Gasteiger partial charge in [-0.2, -0.15) is 0 Å². The molecule has 0 fully saturated rings. The fourth-order valence-electron chi connectivity index (χ4n) is 1.57. The first kappa shape index (κ1) is 14.7. The molecule has 7 nitrogen and oxygen atoms in total. The maximum atomic E-state index is 11.7. The third kappa shape index (κ3) is 3.06. The van der Waals surface area contributed by atoms with E-state index in [1.807, 2.05) is 0 Å². The number of carbonyl (C=O) groups excluding carboxylic acids is 1. The Balaban J connectivity index is 2.38. The molecule has 1 heterocycles. The van der Waals surface area contributed by atoms with Gasteiger partial charge in [0.15, 0.2) is 4.77 Å². The summed E-state index contributed by atoms with van der Waals surface area (Å²) in [6, 6.07) is 5.57. The molecule has 0 atom stereocenters. The predicted octanol–water partition coefficient (Wildman–Crippen LogP) is 0.263. The van der Waals surface area contributed by atoms with Gasteiger partial charge < -0.3 is 15.0 Å². The number of carbonyl (C=O) groups is 1. The topological polar surface area (TPSA) is 111 Å². The van der Waals surface area contributed by atoms with Crippen LogP contribution in [0.25, 0.3) is 0 Å². The van der Waals surface area contributed by atoms with Gasteiger partial charge >= 0.3 is 0 Å². The van der Waals surface area contributed by atoms with Gasteiger partial charge in [-0.05, 0) is 29.9 Å². The molecule has 0 bridgehead atoms. The standard InChI is InChI=1S/C13H11N3O4S/c1-16-11(18)9(10(17)15-13(16)21)6-14-8-4-2-7(3-5-8)12(19)20/h2-6,18H,1H3,(H,19,20)(H,15,17,21)/p-1. The number of carboxylic acid groups (broad SMARTS) is 1. The molecule has 0 unspecified atom stereocenters. The summed E-state index contributed by atoms with van der Waals surface area (Å²) in [6.45, 7) is 0. The van der Waals surface area contributed by atoms with E-state index in [4.69, 9.17) is 12.2 Å². The van der Waals surface area contributed by atoms with Gasteiger partial charge in [-0.15, -0.1) is 0 Å². The van der Waals surface area contributed by atoms with E-state index in [1.54, 1.807) is 0 Å². The van der Waals surface area contributed by atoms with Crippen LogP contribution in [0.2, 0.25) is 0 Å². The van der Waals surface area contributed by atoms with Crippen molar-refractivity contribution in [3.05, 3.63) is 50.5 Å². The van der Waals surface area contributed by atoms with Crippen molar-refractivity contribution in [2.75, 3.05) is 0 Å². The Morgan fingerprint density at radius 1 is 1.43 bits per heavy atom. The molecule has 2 rings (SSSR count). The van der Waals surface area contributed by atoms with Crippen molar-refractivity contribution in [1.29, 1.82) is 0 Å². The van der Waals surface area contributed by atoms with Crippen LogP contribution in [-0.4, -0.2) is 26.8 Å². The number of benzene rings is 1. The van der Waals surface area contributed by atoms with Crippen LogP contribution in [0.5, 0.6) is 5.88 Å². The van der Waals surface area contributed by atoms with Crippen LogP contribution in [0.15, 0.2) is 34.1 Å². The molecule has 0 spiro atoms. The van der Waals surface area contributed by atoms with Crippen LogP contribution in [-0.2, 0) is 7.05 Å². The molecule has 0 saturated carbocycles. The van der Waals surface area contributed by atoms with Crippen molar-refractivity contribution in [2.45, 2.75) is 0 Å². The van der Waals surface area contributed by atoms with Gasteiger partial charge in [0.2, 0.25) is 5.88 Å². The highest BCUT2D eigenvalue weighted by Crippen LogP contribution is 2.14. The number of aromatic nitrogens is 2. The highest BCUT2D eigenvalue weighted by atomic mass is 32.1. The zero-order chi connectivity index (χ0) is 15.6. The Morgan fingerprint density at radius 3 is 2.62 bits per heavy atom. The average molecular weight is 304 g/mol. The Hall–Kier alpha value is -2.74. The third-order valence-corrected chi connectivity index (χ3v) is 3.15. The zero-order valence-electron chi connectivity index (χ0n) is 10.9. The van der Waals surface area contributed by atoms with E-state index < -0.39 is 11.5 Å². The molecule has 0 saturated heterocycles. The molecule has 0 amide bonds. The van der Waals surface area contributed by atoms with Crippen molar-refractivity contribution in [3.8, 4) is 5.88 Å². The number of aromatic amines is 1. The highest BCUT2D eigenvalue weighted by Gasteiger charge is 2.07. The Bertz CT molecular complexity index is 834. The molecule has 2 aromatic rings. The summed E-state index contributed by atoms with van der Waals surface area (Å²) in [4.78, 5) is 28.7. The van der Waals surface area contributed by atoms with Crippen LogP contribution in [0.3, 0.4) is 0 Å². The SMILES string of the molecule is Cn1c(O)c(C=Nc2ccc(C(=O)[O-])cc2)c(=O)[nH]c1=S. The maximum Gasteiger partial charge on any atom is 0.264 e. The molecule has 0 aliphatic carbocycles. The molecule has 1 aromatic carbocycles. The number of aromatic carboxylic acids is 1. The van der Waals surface area contributed by atoms with E-state index in [1.165, 1.54) is 42.1 Å². The molecule has 8 heteroatoms. The van der Waals surface area contributed by atoms with Gasteiger partial charge in [0.05, 0.1) is 11.7 Å². The Kier molecular flexibility index (Phi) is 3.99. The number of rotatable bonds is 3. The zero-order valence-corrected chi connectivity index (χ0v) is 11.7. The summed E-state index contributed by atoms with van der Waals surface area (Å²) >= 11 is 4.85. The van der Waals surface area contributed by atoms with Gasteiger partial charge in [0.1, 0.15) is 5.56 Å². The lowest BCUT2D eigenvalue weighted by Crippen LogP contribution is -2.21. The van der Waals surface area contributed by atoms with Crippen molar-refractivity contribution in [3.63, 3.8) is 0 Å². The van der Waals surface area contributed by atoms with E-state index in [2.05, 4.69) is 9.98 Å². The fourth-order valence-corrected chi connectivity index (χ4v) is 1.74. The van der Waals surface area contributed by atoms with Crippen molar-refractivity contribution in [2.24, 2.45) is 12.0 Å². The number of hydrogen-bond acceptors (Lipinski definition) is 6. The number of nitrogens with zero attached hydrogens (tertiary/aromatic N) is 2. The second-order valence-electron chi connectivity index (χ2n) is 4.15. The van der Waals surface area contributed by atoms with Crippen LogP contribution in [0, 0.1) is 4.77 Å². The lowest BCUT2D eigenvalue weighted by molar-refractivity contribution is -0.255.